The molecule has 0 fully saturated rings. The Hall–Kier alpha value is -3.91. The van der Waals surface area contributed by atoms with Gasteiger partial charge in [-0.25, -0.2) is 9.87 Å². The number of aromatic nitrogens is 1. The van der Waals surface area contributed by atoms with E-state index < -0.39 is 11.7 Å². The molecule has 2 amide bonds. The summed E-state index contributed by atoms with van der Waals surface area (Å²) in [6, 6.07) is 14.6. The number of furan rings is 1. The maximum absolute atomic E-state index is 14.9. The molecule has 1 aliphatic heterocycles. The molecule has 7 nitrogen and oxygen atoms in total. The highest BCUT2D eigenvalue weighted by Gasteiger charge is 2.27. The smallest absolute Gasteiger partial charge is 0.274 e. The number of halogens is 1. The summed E-state index contributed by atoms with van der Waals surface area (Å²) in [5, 5.41) is 8.88. The molecular formula is C29H30FN3O4. The van der Waals surface area contributed by atoms with Crippen LogP contribution in [0.2, 0.25) is 0 Å². The van der Waals surface area contributed by atoms with Crippen molar-refractivity contribution in [1.82, 2.24) is 14.9 Å². The standard InChI is InChI=1S/C29H30FN3O4/c1-29(2,3)20-9-7-17(8-10-20)25-14-23-26(37-25)15-24(32(23)4)28(35)33-11-5-6-18-12-19(27(34)31-36)13-22(30)21(18)16-33/h7-10,12-15,36H,5-6,11,16H2,1-4H3,(H,31,34). The number of hydrogen-bond donors (Lipinski definition) is 2. The van der Waals surface area contributed by atoms with Crippen LogP contribution in [0.5, 0.6) is 0 Å². The number of carbonyl (C=O) groups is 2. The third kappa shape index (κ3) is 4.53. The molecule has 5 rings (SSSR count). The molecule has 2 aromatic carbocycles. The van der Waals surface area contributed by atoms with Gasteiger partial charge in [0.25, 0.3) is 11.8 Å². The van der Waals surface area contributed by atoms with Crippen LogP contribution in [0.4, 0.5) is 4.39 Å². The molecule has 192 valence electrons. The summed E-state index contributed by atoms with van der Waals surface area (Å²) in [6.07, 6.45) is 1.15. The molecular weight excluding hydrogens is 473 g/mol. The van der Waals surface area contributed by atoms with Gasteiger partial charge in [-0.3, -0.25) is 14.8 Å². The van der Waals surface area contributed by atoms with E-state index in [1.165, 1.54) is 11.0 Å². The van der Waals surface area contributed by atoms with Crippen LogP contribution < -0.4 is 5.48 Å². The largest absolute Gasteiger partial charge is 0.454 e. The van der Waals surface area contributed by atoms with Crippen LogP contribution in [-0.4, -0.2) is 33.0 Å². The number of hydroxylamine groups is 1. The van der Waals surface area contributed by atoms with E-state index in [2.05, 4.69) is 32.9 Å². The highest BCUT2D eigenvalue weighted by molar-refractivity contribution is 5.98. The first-order chi connectivity index (χ1) is 17.6. The molecule has 1 aliphatic rings. The van der Waals surface area contributed by atoms with Crippen molar-refractivity contribution in [3.63, 3.8) is 0 Å². The highest BCUT2D eigenvalue weighted by atomic mass is 19.1. The van der Waals surface area contributed by atoms with E-state index >= 15 is 0 Å². The fourth-order valence-electron chi connectivity index (χ4n) is 4.95. The van der Waals surface area contributed by atoms with Crippen molar-refractivity contribution in [2.24, 2.45) is 7.05 Å². The van der Waals surface area contributed by atoms with Gasteiger partial charge in [0, 0.05) is 49.0 Å². The predicted molar refractivity (Wildman–Crippen MR) is 138 cm³/mol. The molecule has 2 N–H and O–H groups in total. The third-order valence-electron chi connectivity index (χ3n) is 7.15. The Balaban J connectivity index is 1.41. The zero-order valence-corrected chi connectivity index (χ0v) is 21.4. The molecule has 3 heterocycles. The van der Waals surface area contributed by atoms with Crippen molar-refractivity contribution in [2.75, 3.05) is 6.54 Å². The van der Waals surface area contributed by atoms with Crippen LogP contribution in [0, 0.1) is 5.82 Å². The number of benzene rings is 2. The number of fused-ring (bicyclic) bond motifs is 2. The minimum Gasteiger partial charge on any atom is -0.454 e. The molecule has 4 aromatic rings. The van der Waals surface area contributed by atoms with E-state index in [4.69, 9.17) is 9.62 Å². The number of hydrogen-bond acceptors (Lipinski definition) is 4. The molecule has 0 bridgehead atoms. The van der Waals surface area contributed by atoms with Crippen LogP contribution in [0.15, 0.2) is 52.9 Å². The lowest BCUT2D eigenvalue weighted by atomic mass is 9.86. The summed E-state index contributed by atoms with van der Waals surface area (Å²) in [5.74, 6) is -0.823. The lowest BCUT2D eigenvalue weighted by molar-refractivity contribution is 0.0704. The van der Waals surface area contributed by atoms with Crippen LogP contribution in [-0.2, 0) is 25.4 Å². The average Bonchev–Trinajstić information content (AvgIpc) is 3.33. The number of amides is 2. The Morgan fingerprint density at radius 1 is 1.08 bits per heavy atom. The van der Waals surface area contributed by atoms with Crippen LogP contribution >= 0.6 is 0 Å². The van der Waals surface area contributed by atoms with Crippen molar-refractivity contribution in [3.8, 4) is 11.3 Å². The van der Waals surface area contributed by atoms with Crippen molar-refractivity contribution < 1.29 is 23.6 Å². The summed E-state index contributed by atoms with van der Waals surface area (Å²) in [6.45, 7) is 7.06. The number of rotatable bonds is 3. The first-order valence-electron chi connectivity index (χ1n) is 12.3. The second kappa shape index (κ2) is 9.19. The Bertz CT molecular complexity index is 1510. The summed E-state index contributed by atoms with van der Waals surface area (Å²) < 4.78 is 22.8. The maximum Gasteiger partial charge on any atom is 0.274 e. The molecule has 0 radical (unpaired) electrons. The van der Waals surface area contributed by atoms with E-state index in [0.29, 0.717) is 41.8 Å². The fraction of sp³-hybridized carbons (Fsp3) is 0.310. The molecule has 2 aromatic heterocycles. The highest BCUT2D eigenvalue weighted by Crippen LogP contribution is 2.32. The van der Waals surface area contributed by atoms with E-state index in [1.807, 2.05) is 29.8 Å². The van der Waals surface area contributed by atoms with Gasteiger partial charge in [-0.05, 0) is 41.5 Å². The quantitative estimate of drug-likeness (QED) is 0.282. The third-order valence-corrected chi connectivity index (χ3v) is 7.15. The second-order valence-corrected chi connectivity index (χ2v) is 10.6. The molecule has 8 heteroatoms. The van der Waals surface area contributed by atoms with Crippen molar-refractivity contribution in [3.05, 3.63) is 82.3 Å². The normalized spacial score (nSPS) is 13.9. The van der Waals surface area contributed by atoms with E-state index in [0.717, 1.165) is 22.9 Å². The summed E-state index contributed by atoms with van der Waals surface area (Å²) in [5.41, 5.74) is 6.78. The number of nitrogens with zero attached hydrogens (tertiary/aromatic N) is 2. The maximum atomic E-state index is 14.9. The molecule has 0 spiro atoms. The summed E-state index contributed by atoms with van der Waals surface area (Å²) in [7, 11) is 1.82. The molecule has 0 saturated carbocycles. The summed E-state index contributed by atoms with van der Waals surface area (Å²) >= 11 is 0. The number of aryl methyl sites for hydroxylation is 2. The van der Waals surface area contributed by atoms with E-state index in [-0.39, 0.29) is 23.4 Å². The van der Waals surface area contributed by atoms with Gasteiger partial charge < -0.3 is 13.9 Å². The molecule has 0 unspecified atom stereocenters. The zero-order valence-electron chi connectivity index (χ0n) is 21.4. The van der Waals surface area contributed by atoms with Gasteiger partial charge >= 0.3 is 0 Å². The van der Waals surface area contributed by atoms with Crippen LogP contribution in [0.25, 0.3) is 22.4 Å². The van der Waals surface area contributed by atoms with E-state index in [9.17, 15) is 14.0 Å². The summed E-state index contributed by atoms with van der Waals surface area (Å²) in [4.78, 5) is 26.9. The van der Waals surface area contributed by atoms with Crippen LogP contribution in [0.1, 0.15) is 64.7 Å². The van der Waals surface area contributed by atoms with Gasteiger partial charge in [0.15, 0.2) is 5.58 Å². The lowest BCUT2D eigenvalue weighted by Crippen LogP contribution is -2.32. The topological polar surface area (TPSA) is 87.7 Å². The average molecular weight is 504 g/mol. The van der Waals surface area contributed by atoms with Gasteiger partial charge in [0.1, 0.15) is 17.3 Å². The SMILES string of the molecule is Cn1c(C(=O)N2CCCc3cc(C(=O)NO)cc(F)c3C2)cc2oc(-c3ccc(C(C)(C)C)cc3)cc21. The Morgan fingerprint density at radius 3 is 2.46 bits per heavy atom. The minimum atomic E-state index is -0.769. The first kappa shape index (κ1) is 24.8. The zero-order chi connectivity index (χ0) is 26.5. The molecule has 37 heavy (non-hydrogen) atoms. The van der Waals surface area contributed by atoms with Crippen molar-refractivity contribution >= 4 is 22.9 Å². The molecule has 0 atom stereocenters. The molecule has 0 saturated heterocycles. The van der Waals surface area contributed by atoms with Gasteiger partial charge in [-0.15, -0.1) is 0 Å². The van der Waals surface area contributed by atoms with Crippen molar-refractivity contribution in [1.29, 1.82) is 0 Å². The fourth-order valence-corrected chi connectivity index (χ4v) is 4.95. The van der Waals surface area contributed by atoms with Crippen LogP contribution in [0.3, 0.4) is 0 Å². The number of nitrogens with one attached hydrogen (secondary N) is 1. The Morgan fingerprint density at radius 2 is 1.81 bits per heavy atom. The van der Waals surface area contributed by atoms with Gasteiger partial charge in [0.2, 0.25) is 0 Å². The Kier molecular flexibility index (Phi) is 6.15. The second-order valence-electron chi connectivity index (χ2n) is 10.6. The van der Waals surface area contributed by atoms with Crippen molar-refractivity contribution in [2.45, 2.75) is 45.6 Å². The molecule has 0 aliphatic carbocycles. The van der Waals surface area contributed by atoms with Gasteiger partial charge in [0.05, 0.1) is 5.52 Å². The monoisotopic (exact) mass is 503 g/mol. The van der Waals surface area contributed by atoms with Gasteiger partial charge in [-0.2, -0.15) is 0 Å². The lowest BCUT2D eigenvalue weighted by Gasteiger charge is -2.21. The number of carbonyl (C=O) groups excluding carboxylic acids is 2. The predicted octanol–water partition coefficient (Wildman–Crippen LogP) is 5.58. The van der Waals surface area contributed by atoms with E-state index in [1.54, 1.807) is 17.0 Å². The van der Waals surface area contributed by atoms with Gasteiger partial charge in [-0.1, -0.05) is 45.0 Å². The first-order valence-corrected chi connectivity index (χ1v) is 12.3. The minimum absolute atomic E-state index is 0.0465. The Labute approximate surface area is 214 Å².